The fourth-order valence-corrected chi connectivity index (χ4v) is 2.17. The van der Waals surface area contributed by atoms with Crippen LogP contribution in [0.4, 0.5) is 0 Å². The first-order valence-electron chi connectivity index (χ1n) is 6.83. The second-order valence-corrected chi connectivity index (χ2v) is 5.50. The molecule has 0 aliphatic carbocycles. The molecule has 0 aliphatic heterocycles. The van der Waals surface area contributed by atoms with E-state index in [0.717, 1.165) is 37.6 Å². The molecule has 0 amide bonds. The molecule has 1 rings (SSSR count). The SMILES string of the molecule is CCCCOc1cc(S[N+]#N)c(OCCCC)cc1Cl. The lowest BCUT2D eigenvalue weighted by Crippen LogP contribution is -2.00. The quantitative estimate of drug-likeness (QED) is 0.340. The van der Waals surface area contributed by atoms with E-state index in [1.165, 1.54) is 0 Å². The molecule has 4 nitrogen and oxygen atoms in total. The number of benzene rings is 1. The van der Waals surface area contributed by atoms with Gasteiger partial charge in [-0.1, -0.05) is 38.3 Å². The molecule has 0 saturated carbocycles. The van der Waals surface area contributed by atoms with Crippen molar-refractivity contribution in [2.75, 3.05) is 13.2 Å². The van der Waals surface area contributed by atoms with E-state index in [4.69, 9.17) is 26.5 Å². The first-order chi connectivity index (χ1) is 9.72. The van der Waals surface area contributed by atoms with E-state index in [-0.39, 0.29) is 0 Å². The van der Waals surface area contributed by atoms with E-state index >= 15 is 0 Å². The van der Waals surface area contributed by atoms with Gasteiger partial charge in [-0.15, -0.1) is 0 Å². The minimum atomic E-state index is 0.509. The highest BCUT2D eigenvalue weighted by Gasteiger charge is 2.18. The summed E-state index contributed by atoms with van der Waals surface area (Å²) < 4.78 is 14.4. The Balaban J connectivity index is 2.84. The van der Waals surface area contributed by atoms with Gasteiger partial charge in [0, 0.05) is 12.1 Å². The van der Waals surface area contributed by atoms with Crippen molar-refractivity contribution in [1.82, 2.24) is 0 Å². The van der Waals surface area contributed by atoms with Crippen LogP contribution in [-0.4, -0.2) is 13.2 Å². The van der Waals surface area contributed by atoms with E-state index in [9.17, 15) is 0 Å². The molecule has 0 N–H and O–H groups in total. The van der Waals surface area contributed by atoms with Crippen molar-refractivity contribution in [3.8, 4) is 11.5 Å². The third-order valence-corrected chi connectivity index (χ3v) is 3.54. The fourth-order valence-electron chi connectivity index (χ4n) is 1.51. The molecule has 6 heteroatoms. The summed E-state index contributed by atoms with van der Waals surface area (Å²) in [5.74, 6) is 1.21. The molecule has 0 heterocycles. The van der Waals surface area contributed by atoms with Crippen molar-refractivity contribution in [2.45, 2.75) is 44.4 Å². The maximum atomic E-state index is 8.75. The fraction of sp³-hybridized carbons (Fsp3) is 0.571. The molecule has 0 spiro atoms. The number of rotatable bonds is 9. The van der Waals surface area contributed by atoms with Crippen LogP contribution in [0.3, 0.4) is 0 Å². The van der Waals surface area contributed by atoms with Gasteiger partial charge in [-0.05, 0) is 12.8 Å². The van der Waals surface area contributed by atoms with Crippen molar-refractivity contribution in [1.29, 1.82) is 5.39 Å². The van der Waals surface area contributed by atoms with E-state index in [1.807, 2.05) is 0 Å². The first kappa shape index (κ1) is 16.9. The predicted molar refractivity (Wildman–Crippen MR) is 83.2 cm³/mol. The molecule has 0 aromatic heterocycles. The van der Waals surface area contributed by atoms with Crippen LogP contribution in [0.1, 0.15) is 39.5 Å². The topological polar surface area (TPSA) is 46.6 Å². The zero-order valence-corrected chi connectivity index (χ0v) is 13.5. The van der Waals surface area contributed by atoms with Crippen molar-refractivity contribution in [3.63, 3.8) is 0 Å². The van der Waals surface area contributed by atoms with Crippen LogP contribution in [-0.2, 0) is 0 Å². The molecular weight excluding hydrogens is 296 g/mol. The Labute approximate surface area is 129 Å². The van der Waals surface area contributed by atoms with Gasteiger partial charge in [0.25, 0.3) is 0 Å². The van der Waals surface area contributed by atoms with Crippen LogP contribution in [0.15, 0.2) is 17.0 Å². The Morgan fingerprint density at radius 2 is 1.70 bits per heavy atom. The van der Waals surface area contributed by atoms with E-state index < -0.39 is 0 Å². The zero-order chi connectivity index (χ0) is 14.8. The summed E-state index contributed by atoms with van der Waals surface area (Å²) >= 11 is 7.12. The van der Waals surface area contributed by atoms with Gasteiger partial charge >= 0.3 is 11.9 Å². The van der Waals surface area contributed by atoms with Gasteiger partial charge in [-0.2, -0.15) is 0 Å². The van der Waals surface area contributed by atoms with Gasteiger partial charge in [0.15, 0.2) is 0 Å². The molecule has 0 atom stereocenters. The van der Waals surface area contributed by atoms with Gasteiger partial charge in [0.2, 0.25) is 9.77 Å². The van der Waals surface area contributed by atoms with Crippen LogP contribution in [0.5, 0.6) is 11.5 Å². The van der Waals surface area contributed by atoms with Crippen molar-refractivity contribution in [2.24, 2.45) is 0 Å². The number of unbranched alkanes of at least 4 members (excludes halogenated alkanes) is 2. The molecule has 20 heavy (non-hydrogen) atoms. The third-order valence-electron chi connectivity index (χ3n) is 2.65. The second kappa shape index (κ2) is 9.73. The van der Waals surface area contributed by atoms with Gasteiger partial charge in [0.1, 0.15) is 16.4 Å². The number of hydrogen-bond donors (Lipinski definition) is 0. The molecule has 110 valence electrons. The summed E-state index contributed by atoms with van der Waals surface area (Å²) in [7, 11) is 0. The van der Waals surface area contributed by atoms with Crippen LogP contribution in [0.2, 0.25) is 5.02 Å². The summed E-state index contributed by atoms with van der Waals surface area (Å²) in [4.78, 5) is 0.694. The maximum Gasteiger partial charge on any atom is 0.400 e. The highest BCUT2D eigenvalue weighted by molar-refractivity contribution is 8.01. The summed E-state index contributed by atoms with van der Waals surface area (Å²) in [5, 5.41) is 9.26. The van der Waals surface area contributed by atoms with Crippen LogP contribution >= 0.6 is 23.5 Å². The first-order valence-corrected chi connectivity index (χ1v) is 7.98. The molecular formula is C14H20ClN2O2S+. The maximum absolute atomic E-state index is 8.75. The molecule has 0 fully saturated rings. The number of hydrogen-bond acceptors (Lipinski definition) is 4. The summed E-state index contributed by atoms with van der Waals surface area (Å²) in [5.41, 5.74) is 0. The van der Waals surface area contributed by atoms with Crippen molar-refractivity contribution in [3.05, 3.63) is 21.5 Å². The Hall–Kier alpha value is -1.12. The average Bonchev–Trinajstić information content (AvgIpc) is 2.43. The number of diazo groups is 1. The molecule has 1 aromatic carbocycles. The van der Waals surface area contributed by atoms with E-state index in [0.29, 0.717) is 34.6 Å². The minimum Gasteiger partial charge on any atom is -0.492 e. The highest BCUT2D eigenvalue weighted by atomic mass is 35.5. The molecule has 0 radical (unpaired) electrons. The molecule has 0 bridgehead atoms. The normalized spacial score (nSPS) is 10.1. The van der Waals surface area contributed by atoms with Crippen LogP contribution in [0.25, 0.3) is 4.38 Å². The second-order valence-electron chi connectivity index (χ2n) is 4.31. The van der Waals surface area contributed by atoms with Gasteiger partial charge in [0.05, 0.1) is 18.2 Å². The lowest BCUT2D eigenvalue weighted by Gasteiger charge is -2.11. The number of ether oxygens (including phenoxy) is 2. The largest absolute Gasteiger partial charge is 0.492 e. The highest BCUT2D eigenvalue weighted by Crippen LogP contribution is 2.38. The van der Waals surface area contributed by atoms with Gasteiger partial charge < -0.3 is 9.47 Å². The predicted octanol–water partition coefficient (Wildman–Crippen LogP) is 5.56. The Morgan fingerprint density at radius 3 is 2.25 bits per heavy atom. The van der Waals surface area contributed by atoms with Crippen molar-refractivity contribution < 1.29 is 9.47 Å². The lowest BCUT2D eigenvalue weighted by atomic mass is 10.3. The summed E-state index contributed by atoms with van der Waals surface area (Å²) in [6, 6.07) is 3.47. The van der Waals surface area contributed by atoms with Crippen LogP contribution < -0.4 is 9.47 Å². The minimum absolute atomic E-state index is 0.509. The molecule has 0 unspecified atom stereocenters. The van der Waals surface area contributed by atoms with Gasteiger partial charge in [-0.3, -0.25) is 0 Å². The molecule has 1 aromatic rings. The smallest absolute Gasteiger partial charge is 0.400 e. The summed E-state index contributed by atoms with van der Waals surface area (Å²) in [6.45, 7) is 5.43. The molecule has 0 aliphatic rings. The Morgan fingerprint density at radius 1 is 1.10 bits per heavy atom. The lowest BCUT2D eigenvalue weighted by molar-refractivity contribution is 0.295. The Bertz CT molecular complexity index is 463. The zero-order valence-electron chi connectivity index (χ0n) is 11.9. The van der Waals surface area contributed by atoms with Gasteiger partial charge in [-0.25, -0.2) is 0 Å². The monoisotopic (exact) mass is 315 g/mol. The van der Waals surface area contributed by atoms with E-state index in [2.05, 4.69) is 18.2 Å². The number of nitrogens with zero attached hydrogens (tertiary/aromatic N) is 2. The standard InChI is InChI=1S/C14H20ClN2O2S/c1-3-5-7-18-12-10-14(20-17-16)13(9-11(12)15)19-8-6-4-2/h9-10H,3-8H2,1-2H3/q+1. The van der Waals surface area contributed by atoms with Crippen molar-refractivity contribution >= 4 is 23.5 Å². The summed E-state index contributed by atoms with van der Waals surface area (Å²) in [6.07, 6.45) is 4.05. The van der Waals surface area contributed by atoms with Crippen LogP contribution in [0, 0.1) is 5.39 Å². The molecule has 0 saturated heterocycles. The average molecular weight is 316 g/mol. The van der Waals surface area contributed by atoms with E-state index in [1.54, 1.807) is 12.1 Å². The number of halogens is 1. The third kappa shape index (κ3) is 5.48. The Kier molecular flexibility index (Phi) is 8.24.